The molecule has 1 unspecified atom stereocenters. The third-order valence-corrected chi connectivity index (χ3v) is 4.42. The predicted molar refractivity (Wildman–Crippen MR) is 109 cm³/mol. The minimum Gasteiger partial charge on any atom is -0.493 e. The monoisotopic (exact) mass is 416 g/mol. The molecule has 1 aliphatic rings. The Bertz CT molecular complexity index is 905. The largest absolute Gasteiger partial charge is 0.493 e. The first-order chi connectivity index (χ1) is 14.6. The third-order valence-electron chi connectivity index (χ3n) is 4.42. The summed E-state index contributed by atoms with van der Waals surface area (Å²) in [5.74, 6) is 2.22. The molecule has 1 aliphatic heterocycles. The van der Waals surface area contributed by atoms with Crippen LogP contribution in [0, 0.1) is 0 Å². The summed E-state index contributed by atoms with van der Waals surface area (Å²) in [4.78, 5) is 12.6. The van der Waals surface area contributed by atoms with Crippen molar-refractivity contribution in [3.63, 3.8) is 0 Å². The van der Waals surface area contributed by atoms with Gasteiger partial charge in [-0.3, -0.25) is 4.79 Å². The summed E-state index contributed by atoms with van der Waals surface area (Å²) in [6.45, 7) is 0.954. The molecule has 1 N–H and O–H groups in total. The van der Waals surface area contributed by atoms with E-state index in [4.69, 9.17) is 28.4 Å². The smallest absolute Gasteiger partial charge is 0.273 e. The minimum atomic E-state index is -0.863. The number of benzene rings is 2. The van der Waals surface area contributed by atoms with Crippen LogP contribution in [-0.2, 0) is 9.53 Å². The molecule has 9 nitrogen and oxygen atoms in total. The van der Waals surface area contributed by atoms with Crippen molar-refractivity contribution < 1.29 is 33.2 Å². The Morgan fingerprint density at radius 3 is 2.27 bits per heavy atom. The van der Waals surface area contributed by atoms with Crippen LogP contribution >= 0.6 is 0 Å². The van der Waals surface area contributed by atoms with Crippen LogP contribution in [0.5, 0.6) is 28.7 Å². The maximum atomic E-state index is 12.6. The van der Waals surface area contributed by atoms with E-state index in [0.717, 1.165) is 0 Å². The highest BCUT2D eigenvalue weighted by Gasteiger charge is 2.22. The van der Waals surface area contributed by atoms with Crippen molar-refractivity contribution in [2.75, 3.05) is 41.7 Å². The van der Waals surface area contributed by atoms with Crippen LogP contribution in [0.2, 0.25) is 0 Å². The molecule has 0 bridgehead atoms. The lowest BCUT2D eigenvalue weighted by Gasteiger charge is -2.20. The molecule has 0 aliphatic carbocycles. The summed E-state index contributed by atoms with van der Waals surface area (Å²) in [5, 5.41) is 4.02. The van der Waals surface area contributed by atoms with E-state index in [1.807, 2.05) is 0 Å². The van der Waals surface area contributed by atoms with Crippen molar-refractivity contribution in [1.29, 1.82) is 0 Å². The number of nitrogens with one attached hydrogen (secondary N) is 1. The van der Waals surface area contributed by atoms with Crippen molar-refractivity contribution in [1.82, 2.24) is 5.43 Å². The lowest BCUT2D eigenvalue weighted by molar-refractivity contribution is -0.131. The fourth-order valence-electron chi connectivity index (χ4n) is 3.02. The molecular weight excluding hydrogens is 392 g/mol. The lowest BCUT2D eigenvalue weighted by atomic mass is 10.1. The molecule has 1 atom stereocenters. The Balaban J connectivity index is 1.73. The molecule has 2 aromatic rings. The van der Waals surface area contributed by atoms with Gasteiger partial charge in [0.1, 0.15) is 13.2 Å². The second kappa shape index (κ2) is 9.84. The van der Waals surface area contributed by atoms with Crippen molar-refractivity contribution in [3.05, 3.63) is 41.5 Å². The van der Waals surface area contributed by atoms with E-state index < -0.39 is 12.0 Å². The molecule has 0 fully saturated rings. The molecule has 0 spiro atoms. The van der Waals surface area contributed by atoms with Gasteiger partial charge in [-0.25, -0.2) is 5.43 Å². The molecule has 160 valence electrons. The zero-order chi connectivity index (χ0) is 21.5. The molecule has 0 radical (unpaired) electrons. The molecule has 0 saturated carbocycles. The summed E-state index contributed by atoms with van der Waals surface area (Å²) < 4.78 is 32.3. The van der Waals surface area contributed by atoms with Crippen LogP contribution < -0.4 is 29.1 Å². The SMILES string of the molecule is COc1cc(/C=N/NC(=O)C(OC)c2ccc3c(c2)OCCO3)cc(OC)c1OC. The maximum absolute atomic E-state index is 12.6. The highest BCUT2D eigenvalue weighted by atomic mass is 16.6. The van der Waals surface area contributed by atoms with Crippen LogP contribution in [-0.4, -0.2) is 53.8 Å². The molecule has 2 aromatic carbocycles. The van der Waals surface area contributed by atoms with Crippen LogP contribution in [0.3, 0.4) is 0 Å². The molecule has 9 heteroatoms. The molecule has 1 heterocycles. The average Bonchev–Trinajstić information content (AvgIpc) is 2.78. The van der Waals surface area contributed by atoms with E-state index in [9.17, 15) is 4.79 Å². The fourth-order valence-corrected chi connectivity index (χ4v) is 3.02. The first-order valence-corrected chi connectivity index (χ1v) is 9.16. The zero-order valence-electron chi connectivity index (χ0n) is 17.3. The molecule has 30 heavy (non-hydrogen) atoms. The number of carbonyl (C=O) groups is 1. The lowest BCUT2D eigenvalue weighted by Crippen LogP contribution is -2.27. The summed E-state index contributed by atoms with van der Waals surface area (Å²) >= 11 is 0. The Morgan fingerprint density at radius 1 is 1.00 bits per heavy atom. The Morgan fingerprint density at radius 2 is 1.67 bits per heavy atom. The van der Waals surface area contributed by atoms with Gasteiger partial charge in [0.25, 0.3) is 5.91 Å². The number of hydrazone groups is 1. The molecule has 0 saturated heterocycles. The van der Waals surface area contributed by atoms with Gasteiger partial charge in [0, 0.05) is 12.7 Å². The van der Waals surface area contributed by atoms with E-state index in [1.54, 1.807) is 30.3 Å². The number of carbonyl (C=O) groups excluding carboxylic acids is 1. The van der Waals surface area contributed by atoms with Gasteiger partial charge in [0.15, 0.2) is 29.1 Å². The maximum Gasteiger partial charge on any atom is 0.273 e. The van der Waals surface area contributed by atoms with Crippen molar-refractivity contribution >= 4 is 12.1 Å². The van der Waals surface area contributed by atoms with Crippen LogP contribution in [0.4, 0.5) is 0 Å². The van der Waals surface area contributed by atoms with Gasteiger partial charge >= 0.3 is 0 Å². The van der Waals surface area contributed by atoms with Gasteiger partial charge in [0.2, 0.25) is 5.75 Å². The quantitative estimate of drug-likeness (QED) is 0.521. The zero-order valence-corrected chi connectivity index (χ0v) is 17.3. The van der Waals surface area contributed by atoms with Crippen LogP contribution in [0.1, 0.15) is 17.2 Å². The third kappa shape index (κ3) is 4.57. The van der Waals surface area contributed by atoms with E-state index in [0.29, 0.717) is 53.1 Å². The van der Waals surface area contributed by atoms with Gasteiger partial charge in [-0.15, -0.1) is 0 Å². The number of rotatable bonds is 8. The summed E-state index contributed by atoms with van der Waals surface area (Å²) in [7, 11) is 6.02. The Hall–Kier alpha value is -3.46. The highest BCUT2D eigenvalue weighted by molar-refractivity contribution is 5.86. The second-order valence-electron chi connectivity index (χ2n) is 6.21. The van der Waals surface area contributed by atoms with Crippen LogP contribution in [0.15, 0.2) is 35.4 Å². The van der Waals surface area contributed by atoms with Crippen molar-refractivity contribution in [3.8, 4) is 28.7 Å². The number of hydrogen-bond donors (Lipinski definition) is 1. The normalized spacial score (nSPS) is 13.6. The molecule has 1 amide bonds. The first-order valence-electron chi connectivity index (χ1n) is 9.16. The van der Waals surface area contributed by atoms with Gasteiger partial charge in [-0.2, -0.15) is 5.10 Å². The van der Waals surface area contributed by atoms with Gasteiger partial charge in [0.05, 0.1) is 27.5 Å². The van der Waals surface area contributed by atoms with Gasteiger partial charge in [-0.05, 0) is 29.8 Å². The highest BCUT2D eigenvalue weighted by Crippen LogP contribution is 2.37. The molecular formula is C21H24N2O7. The number of hydrogen-bond acceptors (Lipinski definition) is 8. The minimum absolute atomic E-state index is 0.433. The molecule has 3 rings (SSSR count). The number of methoxy groups -OCH3 is 4. The summed E-state index contributed by atoms with van der Waals surface area (Å²) in [6.07, 6.45) is 0.608. The topological polar surface area (TPSA) is 96.8 Å². The predicted octanol–water partition coefficient (Wildman–Crippen LogP) is 2.32. The first kappa shape index (κ1) is 21.3. The Kier molecular flexibility index (Phi) is 6.97. The van der Waals surface area contributed by atoms with E-state index in [1.165, 1.54) is 34.7 Å². The number of ether oxygens (including phenoxy) is 6. The second-order valence-corrected chi connectivity index (χ2v) is 6.21. The summed E-state index contributed by atoms with van der Waals surface area (Å²) in [6, 6.07) is 8.66. The van der Waals surface area contributed by atoms with Crippen molar-refractivity contribution in [2.45, 2.75) is 6.10 Å². The van der Waals surface area contributed by atoms with Gasteiger partial charge < -0.3 is 28.4 Å². The number of fused-ring (bicyclic) bond motifs is 1. The van der Waals surface area contributed by atoms with Crippen LogP contribution in [0.25, 0.3) is 0 Å². The fraction of sp³-hybridized carbons (Fsp3) is 0.333. The molecule has 0 aromatic heterocycles. The van der Waals surface area contributed by atoms with E-state index in [2.05, 4.69) is 10.5 Å². The standard InChI is InChI=1S/C21H24N2O7/c1-25-17-9-13(10-18(26-2)20(17)28-4)12-22-23-21(24)19(27-3)14-5-6-15-16(11-14)30-8-7-29-15/h5-6,9-12,19H,7-8H2,1-4H3,(H,23,24)/b22-12+. The Labute approximate surface area is 174 Å². The van der Waals surface area contributed by atoms with E-state index in [-0.39, 0.29) is 0 Å². The van der Waals surface area contributed by atoms with Crippen molar-refractivity contribution in [2.24, 2.45) is 5.10 Å². The number of nitrogens with zero attached hydrogens (tertiary/aromatic N) is 1. The summed E-state index contributed by atoms with van der Waals surface area (Å²) in [5.41, 5.74) is 3.76. The number of amides is 1. The average molecular weight is 416 g/mol. The van der Waals surface area contributed by atoms with Gasteiger partial charge in [-0.1, -0.05) is 6.07 Å². The van der Waals surface area contributed by atoms with E-state index >= 15 is 0 Å².